The van der Waals surface area contributed by atoms with Gasteiger partial charge in [0, 0.05) is 23.3 Å². The summed E-state index contributed by atoms with van der Waals surface area (Å²) in [5.41, 5.74) is 1.92. The Morgan fingerprint density at radius 2 is 2.19 bits per heavy atom. The van der Waals surface area contributed by atoms with Crippen molar-refractivity contribution in [2.45, 2.75) is 20.1 Å². The third-order valence-electron chi connectivity index (χ3n) is 4.95. The van der Waals surface area contributed by atoms with Crippen LogP contribution in [0, 0.1) is 17.0 Å². The first-order valence-electron chi connectivity index (χ1n) is 9.50. The van der Waals surface area contributed by atoms with Crippen LogP contribution in [0.3, 0.4) is 0 Å². The summed E-state index contributed by atoms with van der Waals surface area (Å²) < 4.78 is 26.8. The van der Waals surface area contributed by atoms with Crippen LogP contribution >= 0.6 is 0 Å². The first kappa shape index (κ1) is 19.7. The molecule has 3 aromatic heterocycles. The van der Waals surface area contributed by atoms with E-state index in [1.165, 1.54) is 24.5 Å². The van der Waals surface area contributed by atoms with Crippen LogP contribution in [0.25, 0.3) is 22.6 Å². The second-order valence-electron chi connectivity index (χ2n) is 7.02. The topological polar surface area (TPSA) is 140 Å². The van der Waals surface area contributed by atoms with Crippen molar-refractivity contribution >= 4 is 22.8 Å². The lowest BCUT2D eigenvalue weighted by Gasteiger charge is -2.20. The lowest BCUT2D eigenvalue weighted by atomic mass is 10.1. The number of furan rings is 1. The maximum atomic E-state index is 13.0. The Hall–Kier alpha value is -4.25. The van der Waals surface area contributed by atoms with E-state index in [0.29, 0.717) is 39.4 Å². The normalized spacial score (nSPS) is 12.9. The van der Waals surface area contributed by atoms with Crippen molar-refractivity contribution in [2.24, 2.45) is 0 Å². The van der Waals surface area contributed by atoms with Crippen molar-refractivity contribution in [3.05, 3.63) is 69.1 Å². The molecule has 1 aromatic carbocycles. The van der Waals surface area contributed by atoms with E-state index < -0.39 is 10.9 Å². The van der Waals surface area contributed by atoms with Crippen LogP contribution in [0.5, 0.6) is 5.75 Å². The number of non-ortho nitro benzene ring substituents is 1. The third-order valence-corrected chi connectivity index (χ3v) is 4.95. The molecular weight excluding hydrogens is 422 g/mol. The molecule has 0 fully saturated rings. The van der Waals surface area contributed by atoms with Gasteiger partial charge in [0.05, 0.1) is 34.4 Å². The number of hydrogen-bond acceptors (Lipinski definition) is 10. The van der Waals surface area contributed by atoms with Gasteiger partial charge < -0.3 is 23.2 Å². The molecule has 4 heterocycles. The number of ether oxygens (including phenoxy) is 3. The Kier molecular flexibility index (Phi) is 4.79. The van der Waals surface area contributed by atoms with Crippen LogP contribution in [-0.4, -0.2) is 27.8 Å². The van der Waals surface area contributed by atoms with E-state index in [0.717, 1.165) is 0 Å². The van der Waals surface area contributed by atoms with Gasteiger partial charge in [0.25, 0.3) is 11.4 Å². The fourth-order valence-corrected chi connectivity index (χ4v) is 3.52. The SMILES string of the molecule is Cc1noc2nc(-c3ccco3)cc(C(=O)OCc3cc([N+](=O)[O-])cc4c3OCOC4)c12. The van der Waals surface area contributed by atoms with E-state index in [-0.39, 0.29) is 37.0 Å². The van der Waals surface area contributed by atoms with Crippen molar-refractivity contribution in [3.63, 3.8) is 0 Å². The van der Waals surface area contributed by atoms with Crippen LogP contribution in [0.4, 0.5) is 5.69 Å². The summed E-state index contributed by atoms with van der Waals surface area (Å²) in [4.78, 5) is 28.2. The summed E-state index contributed by atoms with van der Waals surface area (Å²) in [5, 5.41) is 15.6. The molecule has 11 heteroatoms. The van der Waals surface area contributed by atoms with E-state index in [1.54, 1.807) is 19.1 Å². The van der Waals surface area contributed by atoms with Crippen molar-refractivity contribution in [1.29, 1.82) is 0 Å². The summed E-state index contributed by atoms with van der Waals surface area (Å²) in [6.45, 7) is 1.60. The van der Waals surface area contributed by atoms with Gasteiger partial charge >= 0.3 is 5.97 Å². The molecule has 0 spiro atoms. The number of aromatic nitrogens is 2. The Bertz CT molecular complexity index is 1340. The minimum absolute atomic E-state index is 0.00310. The summed E-state index contributed by atoms with van der Waals surface area (Å²) in [7, 11) is 0. The van der Waals surface area contributed by atoms with Crippen LogP contribution in [-0.2, 0) is 22.7 Å². The van der Waals surface area contributed by atoms with Gasteiger partial charge in [0.15, 0.2) is 12.6 Å². The second-order valence-corrected chi connectivity index (χ2v) is 7.02. The zero-order valence-corrected chi connectivity index (χ0v) is 16.7. The first-order chi connectivity index (χ1) is 15.5. The van der Waals surface area contributed by atoms with Crippen LogP contribution in [0.1, 0.15) is 27.2 Å². The lowest BCUT2D eigenvalue weighted by molar-refractivity contribution is -0.385. The zero-order valence-electron chi connectivity index (χ0n) is 16.7. The Labute approximate surface area is 179 Å². The second kappa shape index (κ2) is 7.78. The molecule has 0 N–H and O–H groups in total. The van der Waals surface area contributed by atoms with E-state index >= 15 is 0 Å². The van der Waals surface area contributed by atoms with E-state index in [2.05, 4.69) is 10.1 Å². The van der Waals surface area contributed by atoms with Crippen molar-refractivity contribution < 1.29 is 32.9 Å². The largest absolute Gasteiger partial charge is 0.467 e. The Morgan fingerprint density at radius 3 is 2.97 bits per heavy atom. The number of nitrogens with zero attached hydrogens (tertiary/aromatic N) is 3. The number of benzene rings is 1. The maximum absolute atomic E-state index is 13.0. The molecule has 0 bridgehead atoms. The highest BCUT2D eigenvalue weighted by Gasteiger charge is 2.24. The number of nitro benzene ring substituents is 1. The van der Waals surface area contributed by atoms with Crippen molar-refractivity contribution in [3.8, 4) is 17.2 Å². The highest BCUT2D eigenvalue weighted by atomic mass is 16.7. The van der Waals surface area contributed by atoms with Gasteiger partial charge in [0.2, 0.25) is 0 Å². The Balaban J connectivity index is 1.49. The highest BCUT2D eigenvalue weighted by Crippen LogP contribution is 2.34. The molecule has 0 radical (unpaired) electrons. The smallest absolute Gasteiger partial charge is 0.339 e. The molecule has 1 aliphatic rings. The summed E-state index contributed by atoms with van der Waals surface area (Å²) in [5.74, 6) is 0.173. The molecule has 0 saturated carbocycles. The monoisotopic (exact) mass is 437 g/mol. The zero-order chi connectivity index (χ0) is 22.2. The lowest BCUT2D eigenvalue weighted by Crippen LogP contribution is -2.15. The molecule has 0 aliphatic carbocycles. The van der Waals surface area contributed by atoms with Crippen molar-refractivity contribution in [1.82, 2.24) is 10.1 Å². The number of carbonyl (C=O) groups excluding carboxylic acids is 1. The van der Waals surface area contributed by atoms with Gasteiger partial charge in [-0.15, -0.1) is 0 Å². The van der Waals surface area contributed by atoms with Gasteiger partial charge in [-0.2, -0.15) is 0 Å². The van der Waals surface area contributed by atoms with Gasteiger partial charge in [0.1, 0.15) is 18.1 Å². The highest BCUT2D eigenvalue weighted by molar-refractivity contribution is 6.04. The number of hydrogen-bond donors (Lipinski definition) is 0. The summed E-state index contributed by atoms with van der Waals surface area (Å²) in [6.07, 6.45) is 1.49. The molecule has 0 atom stereocenters. The summed E-state index contributed by atoms with van der Waals surface area (Å²) in [6, 6.07) is 7.61. The van der Waals surface area contributed by atoms with Crippen molar-refractivity contribution in [2.75, 3.05) is 6.79 Å². The quantitative estimate of drug-likeness (QED) is 0.256. The number of nitro groups is 1. The van der Waals surface area contributed by atoms with E-state index in [4.69, 9.17) is 23.2 Å². The number of aryl methyl sites for hydroxylation is 1. The molecule has 5 rings (SSSR count). The molecular formula is C21H15N3O8. The number of carbonyl (C=O) groups is 1. The number of pyridine rings is 1. The van der Waals surface area contributed by atoms with Gasteiger partial charge in [-0.25, -0.2) is 9.78 Å². The van der Waals surface area contributed by atoms with E-state index in [9.17, 15) is 14.9 Å². The molecule has 0 amide bonds. The minimum atomic E-state index is -0.677. The molecule has 162 valence electrons. The van der Waals surface area contributed by atoms with E-state index in [1.807, 2.05) is 0 Å². The predicted molar refractivity (Wildman–Crippen MR) is 107 cm³/mol. The first-order valence-corrected chi connectivity index (χ1v) is 9.50. The fraction of sp³-hybridized carbons (Fsp3) is 0.190. The van der Waals surface area contributed by atoms with Gasteiger partial charge in [-0.3, -0.25) is 10.1 Å². The van der Waals surface area contributed by atoms with Gasteiger partial charge in [-0.05, 0) is 25.1 Å². The standard InChI is InChI=1S/C21H15N3O8/c1-11-18-15(7-16(17-3-2-4-29-17)22-20(18)32-23-11)21(25)30-9-13-6-14(24(26)27)5-12-8-28-10-31-19(12)13/h2-7H,8-10H2,1H3. The molecule has 4 aromatic rings. The number of fused-ring (bicyclic) bond motifs is 2. The molecule has 0 unspecified atom stereocenters. The van der Waals surface area contributed by atoms with Crippen LogP contribution < -0.4 is 4.74 Å². The van der Waals surface area contributed by atoms with Crippen LogP contribution in [0.15, 0.2) is 45.5 Å². The maximum Gasteiger partial charge on any atom is 0.339 e. The molecule has 11 nitrogen and oxygen atoms in total. The minimum Gasteiger partial charge on any atom is -0.467 e. The number of esters is 1. The van der Waals surface area contributed by atoms with Crippen LogP contribution in [0.2, 0.25) is 0 Å². The molecule has 1 aliphatic heterocycles. The average molecular weight is 437 g/mol. The fourth-order valence-electron chi connectivity index (χ4n) is 3.52. The molecule has 32 heavy (non-hydrogen) atoms. The predicted octanol–water partition coefficient (Wildman–Crippen LogP) is 3.92. The average Bonchev–Trinajstić information content (AvgIpc) is 3.47. The Morgan fingerprint density at radius 1 is 1.31 bits per heavy atom. The molecule has 0 saturated heterocycles. The summed E-state index contributed by atoms with van der Waals surface area (Å²) >= 11 is 0. The van der Waals surface area contributed by atoms with Gasteiger partial charge in [-0.1, -0.05) is 5.16 Å². The third kappa shape index (κ3) is 3.44. The number of rotatable bonds is 5.